The lowest BCUT2D eigenvalue weighted by Crippen LogP contribution is -2.48. The van der Waals surface area contributed by atoms with E-state index in [0.29, 0.717) is 18.7 Å². The van der Waals surface area contributed by atoms with Gasteiger partial charge in [0.1, 0.15) is 6.17 Å². The molecule has 0 unspecified atom stereocenters. The van der Waals surface area contributed by atoms with Crippen molar-refractivity contribution in [1.29, 1.82) is 0 Å². The number of pyridine rings is 1. The molecule has 26 heavy (non-hydrogen) atoms. The molecule has 2 N–H and O–H groups in total. The molecule has 0 bridgehead atoms. The molecule has 5 heteroatoms. The highest BCUT2D eigenvalue weighted by atomic mass is 19.1. The first kappa shape index (κ1) is 20.8. The van der Waals surface area contributed by atoms with Crippen molar-refractivity contribution in [2.75, 3.05) is 19.6 Å². The molecule has 1 aliphatic rings. The Morgan fingerprint density at radius 2 is 1.62 bits per heavy atom. The van der Waals surface area contributed by atoms with Crippen LogP contribution in [0, 0.1) is 0 Å². The SMILES string of the molecule is NC(=O)c1cccnc1CCCCCCCCCCCCN1CC(F)C1. The Hall–Kier alpha value is -1.49. The van der Waals surface area contributed by atoms with E-state index in [4.69, 9.17) is 5.73 Å². The Morgan fingerprint density at radius 3 is 2.19 bits per heavy atom. The average molecular weight is 364 g/mol. The van der Waals surface area contributed by atoms with Crippen molar-refractivity contribution in [2.45, 2.75) is 76.8 Å². The number of hydrogen-bond acceptors (Lipinski definition) is 3. The van der Waals surface area contributed by atoms with E-state index in [-0.39, 0.29) is 5.91 Å². The third-order valence-electron chi connectivity index (χ3n) is 5.21. The van der Waals surface area contributed by atoms with Gasteiger partial charge >= 0.3 is 0 Å². The molecule has 1 fully saturated rings. The number of likely N-dealkylation sites (tertiary alicyclic amines) is 1. The minimum Gasteiger partial charge on any atom is -0.366 e. The lowest BCUT2D eigenvalue weighted by atomic mass is 10.0. The lowest BCUT2D eigenvalue weighted by Gasteiger charge is -2.34. The predicted molar refractivity (Wildman–Crippen MR) is 104 cm³/mol. The smallest absolute Gasteiger partial charge is 0.250 e. The van der Waals surface area contributed by atoms with E-state index in [1.165, 1.54) is 57.8 Å². The van der Waals surface area contributed by atoms with Gasteiger partial charge in [-0.05, 0) is 37.9 Å². The first-order valence-electron chi connectivity index (χ1n) is 10.3. The van der Waals surface area contributed by atoms with Crippen LogP contribution in [0.2, 0.25) is 0 Å². The summed E-state index contributed by atoms with van der Waals surface area (Å²) < 4.78 is 12.7. The normalized spacial score (nSPS) is 15.1. The molecule has 1 aliphatic heterocycles. The molecule has 146 valence electrons. The van der Waals surface area contributed by atoms with Crippen molar-refractivity contribution in [3.63, 3.8) is 0 Å². The van der Waals surface area contributed by atoms with Crippen LogP contribution in [0.4, 0.5) is 4.39 Å². The molecule has 0 radical (unpaired) electrons. The van der Waals surface area contributed by atoms with Gasteiger partial charge in [0, 0.05) is 19.3 Å². The summed E-state index contributed by atoms with van der Waals surface area (Å²) in [5, 5.41) is 0. The second-order valence-electron chi connectivity index (χ2n) is 7.50. The third-order valence-corrected chi connectivity index (χ3v) is 5.21. The monoisotopic (exact) mass is 363 g/mol. The number of alkyl halides is 1. The molecule has 2 rings (SSSR count). The number of primary amides is 1. The van der Waals surface area contributed by atoms with Gasteiger partial charge in [-0.3, -0.25) is 14.7 Å². The largest absolute Gasteiger partial charge is 0.366 e. The fraction of sp³-hybridized carbons (Fsp3) is 0.714. The van der Waals surface area contributed by atoms with E-state index in [1.54, 1.807) is 18.3 Å². The van der Waals surface area contributed by atoms with Crippen molar-refractivity contribution in [3.8, 4) is 0 Å². The number of unbranched alkanes of at least 4 members (excludes halogenated alkanes) is 9. The minimum absolute atomic E-state index is 0.385. The molecule has 2 heterocycles. The fourth-order valence-electron chi connectivity index (χ4n) is 3.59. The summed E-state index contributed by atoms with van der Waals surface area (Å²) in [6, 6.07) is 3.51. The molecule has 0 aromatic carbocycles. The zero-order valence-corrected chi connectivity index (χ0v) is 16.0. The summed E-state index contributed by atoms with van der Waals surface area (Å²) >= 11 is 0. The first-order valence-corrected chi connectivity index (χ1v) is 10.3. The quantitative estimate of drug-likeness (QED) is 0.502. The van der Waals surface area contributed by atoms with Gasteiger partial charge < -0.3 is 5.73 Å². The average Bonchev–Trinajstić information content (AvgIpc) is 2.61. The van der Waals surface area contributed by atoms with Gasteiger partial charge in [0.25, 0.3) is 5.91 Å². The van der Waals surface area contributed by atoms with Crippen LogP contribution in [0.3, 0.4) is 0 Å². The second-order valence-corrected chi connectivity index (χ2v) is 7.50. The van der Waals surface area contributed by atoms with Crippen LogP contribution in [0.5, 0.6) is 0 Å². The van der Waals surface area contributed by atoms with Gasteiger partial charge in [0.2, 0.25) is 0 Å². The zero-order valence-electron chi connectivity index (χ0n) is 16.0. The molecule has 1 aromatic heterocycles. The summed E-state index contributed by atoms with van der Waals surface area (Å²) in [6.45, 7) is 2.39. The van der Waals surface area contributed by atoms with Crippen LogP contribution in [-0.2, 0) is 6.42 Å². The van der Waals surface area contributed by atoms with Gasteiger partial charge in [-0.15, -0.1) is 0 Å². The number of aromatic nitrogens is 1. The highest BCUT2D eigenvalue weighted by Gasteiger charge is 2.24. The lowest BCUT2D eigenvalue weighted by molar-refractivity contribution is 0.0643. The first-order chi connectivity index (χ1) is 12.7. The fourth-order valence-corrected chi connectivity index (χ4v) is 3.59. The summed E-state index contributed by atoms with van der Waals surface area (Å²) in [5.41, 5.74) is 6.77. The standard InChI is InChI=1S/C21H34FN3O/c22-18-16-25(17-18)15-10-8-6-4-2-1-3-5-7-9-13-20-19(21(23)26)12-11-14-24-20/h11-12,14,18H,1-10,13,15-17H2,(H2,23,26). The van der Waals surface area contributed by atoms with E-state index >= 15 is 0 Å². The predicted octanol–water partition coefficient (Wildman–Crippen LogP) is 4.28. The van der Waals surface area contributed by atoms with Crippen molar-refractivity contribution < 1.29 is 9.18 Å². The minimum atomic E-state index is -0.566. The number of rotatable bonds is 14. The van der Waals surface area contributed by atoms with Crippen LogP contribution >= 0.6 is 0 Å². The summed E-state index contributed by atoms with van der Waals surface area (Å²) in [5.74, 6) is -0.385. The summed E-state index contributed by atoms with van der Waals surface area (Å²) in [7, 11) is 0. The van der Waals surface area contributed by atoms with Crippen LogP contribution in [0.15, 0.2) is 18.3 Å². The van der Waals surface area contributed by atoms with Crippen LogP contribution in [0.1, 0.15) is 80.3 Å². The maximum atomic E-state index is 12.7. The summed E-state index contributed by atoms with van der Waals surface area (Å²) in [4.78, 5) is 17.8. The van der Waals surface area contributed by atoms with Gasteiger partial charge in [-0.2, -0.15) is 0 Å². The number of nitrogens with zero attached hydrogens (tertiary/aromatic N) is 2. The van der Waals surface area contributed by atoms with Crippen molar-refractivity contribution in [1.82, 2.24) is 9.88 Å². The number of carbonyl (C=O) groups excluding carboxylic acids is 1. The van der Waals surface area contributed by atoms with Gasteiger partial charge in [-0.1, -0.05) is 51.4 Å². The van der Waals surface area contributed by atoms with E-state index in [2.05, 4.69) is 9.88 Å². The van der Waals surface area contributed by atoms with Gasteiger partial charge in [0.05, 0.1) is 11.3 Å². The number of amides is 1. The van der Waals surface area contributed by atoms with Crippen molar-refractivity contribution in [3.05, 3.63) is 29.6 Å². The molecular weight excluding hydrogens is 329 g/mol. The Kier molecular flexibility index (Phi) is 9.61. The van der Waals surface area contributed by atoms with Gasteiger partial charge in [0.15, 0.2) is 0 Å². The highest BCUT2D eigenvalue weighted by molar-refractivity contribution is 5.93. The van der Waals surface area contributed by atoms with E-state index in [9.17, 15) is 9.18 Å². The van der Waals surface area contributed by atoms with Crippen molar-refractivity contribution in [2.24, 2.45) is 5.73 Å². The topological polar surface area (TPSA) is 59.2 Å². The van der Waals surface area contributed by atoms with E-state index < -0.39 is 6.17 Å². The molecule has 0 saturated carbocycles. The Morgan fingerprint density at radius 1 is 1.04 bits per heavy atom. The molecular formula is C21H34FN3O. The van der Waals surface area contributed by atoms with Crippen LogP contribution < -0.4 is 5.73 Å². The number of aryl methyl sites for hydroxylation is 1. The number of carbonyl (C=O) groups is 1. The molecule has 1 amide bonds. The molecule has 4 nitrogen and oxygen atoms in total. The molecule has 1 aromatic rings. The number of halogens is 1. The molecule has 1 saturated heterocycles. The van der Waals surface area contributed by atoms with Gasteiger partial charge in [-0.25, -0.2) is 4.39 Å². The zero-order chi connectivity index (χ0) is 18.6. The summed E-state index contributed by atoms with van der Waals surface area (Å²) in [6.07, 6.45) is 14.5. The molecule has 0 spiro atoms. The maximum Gasteiger partial charge on any atom is 0.250 e. The highest BCUT2D eigenvalue weighted by Crippen LogP contribution is 2.15. The van der Waals surface area contributed by atoms with Crippen LogP contribution in [-0.4, -0.2) is 41.6 Å². The second kappa shape index (κ2) is 12.0. The van der Waals surface area contributed by atoms with Crippen LogP contribution in [0.25, 0.3) is 0 Å². The molecule has 0 aliphatic carbocycles. The van der Waals surface area contributed by atoms with E-state index in [1.807, 2.05) is 0 Å². The molecule has 0 atom stereocenters. The Labute approximate surface area is 157 Å². The van der Waals surface area contributed by atoms with E-state index in [0.717, 1.165) is 25.1 Å². The van der Waals surface area contributed by atoms with Crippen molar-refractivity contribution >= 4 is 5.91 Å². The maximum absolute atomic E-state index is 12.7. The number of nitrogens with two attached hydrogens (primary N) is 1. The Bertz CT molecular complexity index is 532. The Balaban J connectivity index is 1.37. The number of hydrogen-bond donors (Lipinski definition) is 1. The third kappa shape index (κ3) is 7.81.